The highest BCUT2D eigenvalue weighted by atomic mass is 16.2. The quantitative estimate of drug-likeness (QED) is 0.760. The van der Waals surface area contributed by atoms with Crippen molar-refractivity contribution in [3.63, 3.8) is 0 Å². The van der Waals surface area contributed by atoms with Crippen molar-refractivity contribution in [3.8, 4) is 0 Å². The molecule has 0 saturated carbocycles. The molecule has 0 spiro atoms. The number of nitrogens with zero attached hydrogens (tertiary/aromatic N) is 4. The topological polar surface area (TPSA) is 83.0 Å². The molecule has 0 unspecified atom stereocenters. The number of anilines is 2. The van der Waals surface area contributed by atoms with Gasteiger partial charge in [0.15, 0.2) is 0 Å². The highest BCUT2D eigenvalue weighted by Gasteiger charge is 2.22. The Labute approximate surface area is 151 Å². The Morgan fingerprint density at radius 1 is 0.962 bits per heavy atom. The SMILES string of the molecule is O=C(Nc1cccc2ncccc12)NC1CCN(c2ncccn2)CC1. The van der Waals surface area contributed by atoms with Crippen molar-refractivity contribution < 1.29 is 4.79 Å². The van der Waals surface area contributed by atoms with Crippen LogP contribution in [-0.2, 0) is 0 Å². The maximum atomic E-state index is 12.4. The first-order chi connectivity index (χ1) is 12.8. The first-order valence-electron chi connectivity index (χ1n) is 8.73. The molecule has 1 fully saturated rings. The van der Waals surface area contributed by atoms with Crippen LogP contribution in [0.15, 0.2) is 55.0 Å². The van der Waals surface area contributed by atoms with Crippen molar-refractivity contribution in [1.29, 1.82) is 0 Å². The lowest BCUT2D eigenvalue weighted by Crippen LogP contribution is -2.46. The lowest BCUT2D eigenvalue weighted by molar-refractivity contribution is 0.246. The van der Waals surface area contributed by atoms with Crippen LogP contribution in [0.1, 0.15) is 12.8 Å². The van der Waals surface area contributed by atoms with Gasteiger partial charge in [-0.05, 0) is 43.2 Å². The van der Waals surface area contributed by atoms with Crippen LogP contribution in [0, 0.1) is 0 Å². The number of amides is 2. The van der Waals surface area contributed by atoms with Crippen molar-refractivity contribution in [2.75, 3.05) is 23.3 Å². The van der Waals surface area contributed by atoms with Gasteiger partial charge in [-0.3, -0.25) is 4.98 Å². The van der Waals surface area contributed by atoms with Crippen LogP contribution >= 0.6 is 0 Å². The average molecular weight is 348 g/mol. The lowest BCUT2D eigenvalue weighted by Gasteiger charge is -2.32. The van der Waals surface area contributed by atoms with Crippen LogP contribution < -0.4 is 15.5 Å². The van der Waals surface area contributed by atoms with Crippen LogP contribution in [-0.4, -0.2) is 40.1 Å². The zero-order valence-corrected chi connectivity index (χ0v) is 14.3. The number of aromatic nitrogens is 3. The van der Waals surface area contributed by atoms with E-state index in [2.05, 4.69) is 30.5 Å². The molecule has 3 heterocycles. The number of piperidine rings is 1. The van der Waals surface area contributed by atoms with Crippen LogP contribution in [0.5, 0.6) is 0 Å². The van der Waals surface area contributed by atoms with Gasteiger partial charge in [-0.2, -0.15) is 0 Å². The van der Waals surface area contributed by atoms with Crippen LogP contribution in [0.4, 0.5) is 16.4 Å². The van der Waals surface area contributed by atoms with Gasteiger partial charge in [0.05, 0.1) is 11.2 Å². The summed E-state index contributed by atoms with van der Waals surface area (Å²) in [5, 5.41) is 6.94. The van der Waals surface area contributed by atoms with Crippen LogP contribution in [0.2, 0.25) is 0 Å². The standard InChI is InChI=1S/C19H20N6O/c26-19(24-17-6-1-5-16-15(17)4-2-9-20-16)23-14-7-12-25(13-8-14)18-21-10-3-11-22-18/h1-6,9-11,14H,7-8,12-13H2,(H2,23,24,26). The van der Waals surface area contributed by atoms with E-state index in [1.165, 1.54) is 0 Å². The molecule has 26 heavy (non-hydrogen) atoms. The van der Waals surface area contributed by atoms with Crippen molar-refractivity contribution in [2.45, 2.75) is 18.9 Å². The van der Waals surface area contributed by atoms with Gasteiger partial charge in [0, 0.05) is 43.1 Å². The predicted molar refractivity (Wildman–Crippen MR) is 101 cm³/mol. The molecule has 7 nitrogen and oxygen atoms in total. The van der Waals surface area contributed by atoms with Gasteiger partial charge in [-0.25, -0.2) is 14.8 Å². The molecule has 3 aromatic rings. The summed E-state index contributed by atoms with van der Waals surface area (Å²) in [7, 11) is 0. The van der Waals surface area contributed by atoms with Crippen molar-refractivity contribution in [1.82, 2.24) is 20.3 Å². The Bertz CT molecular complexity index is 887. The Kier molecular flexibility index (Phi) is 4.59. The smallest absolute Gasteiger partial charge is 0.319 e. The summed E-state index contributed by atoms with van der Waals surface area (Å²) in [6, 6.07) is 11.3. The number of urea groups is 1. The molecule has 2 aromatic heterocycles. The molecular weight excluding hydrogens is 328 g/mol. The minimum absolute atomic E-state index is 0.142. The van der Waals surface area contributed by atoms with Gasteiger partial charge >= 0.3 is 6.03 Å². The number of hydrogen-bond donors (Lipinski definition) is 2. The maximum absolute atomic E-state index is 12.4. The van der Waals surface area contributed by atoms with E-state index in [1.807, 2.05) is 36.4 Å². The average Bonchev–Trinajstić information content (AvgIpc) is 2.69. The predicted octanol–water partition coefficient (Wildman–Crippen LogP) is 2.82. The molecule has 1 aliphatic rings. The fourth-order valence-corrected chi connectivity index (χ4v) is 3.23. The minimum Gasteiger partial charge on any atom is -0.341 e. The van der Waals surface area contributed by atoms with E-state index >= 15 is 0 Å². The third-order valence-corrected chi connectivity index (χ3v) is 4.56. The van der Waals surface area contributed by atoms with Gasteiger partial charge in [-0.1, -0.05) is 6.07 Å². The number of hydrogen-bond acceptors (Lipinski definition) is 5. The number of rotatable bonds is 3. The summed E-state index contributed by atoms with van der Waals surface area (Å²) < 4.78 is 0. The summed E-state index contributed by atoms with van der Waals surface area (Å²) in [6.45, 7) is 1.65. The van der Waals surface area contributed by atoms with E-state index in [1.54, 1.807) is 18.6 Å². The number of pyridine rings is 1. The normalized spacial score (nSPS) is 15.0. The second-order valence-corrected chi connectivity index (χ2v) is 6.28. The van der Waals surface area contributed by atoms with Gasteiger partial charge in [0.2, 0.25) is 5.95 Å². The van der Waals surface area contributed by atoms with Gasteiger partial charge in [0.1, 0.15) is 0 Å². The summed E-state index contributed by atoms with van der Waals surface area (Å²) >= 11 is 0. The summed E-state index contributed by atoms with van der Waals surface area (Å²) in [4.78, 5) is 27.4. The first-order valence-corrected chi connectivity index (χ1v) is 8.73. The maximum Gasteiger partial charge on any atom is 0.319 e. The molecule has 0 aliphatic carbocycles. The largest absolute Gasteiger partial charge is 0.341 e. The molecule has 1 aromatic carbocycles. The van der Waals surface area contributed by atoms with E-state index in [0.717, 1.165) is 48.5 Å². The van der Waals surface area contributed by atoms with Crippen molar-refractivity contribution in [2.24, 2.45) is 0 Å². The van der Waals surface area contributed by atoms with E-state index < -0.39 is 0 Å². The number of fused-ring (bicyclic) bond motifs is 1. The Morgan fingerprint density at radius 3 is 2.54 bits per heavy atom. The molecule has 2 N–H and O–H groups in total. The second kappa shape index (κ2) is 7.35. The molecule has 0 bridgehead atoms. The molecule has 1 aliphatic heterocycles. The molecule has 2 amide bonds. The highest BCUT2D eigenvalue weighted by molar-refractivity contribution is 6.00. The minimum atomic E-state index is -0.184. The van der Waals surface area contributed by atoms with E-state index in [4.69, 9.17) is 0 Å². The van der Waals surface area contributed by atoms with E-state index in [0.29, 0.717) is 0 Å². The number of carbonyl (C=O) groups excluding carboxylic acids is 1. The molecule has 132 valence electrons. The van der Waals surface area contributed by atoms with Crippen LogP contribution in [0.25, 0.3) is 10.9 Å². The van der Waals surface area contributed by atoms with Gasteiger partial charge < -0.3 is 15.5 Å². The fourth-order valence-electron chi connectivity index (χ4n) is 3.23. The highest BCUT2D eigenvalue weighted by Crippen LogP contribution is 2.21. The Morgan fingerprint density at radius 2 is 1.73 bits per heavy atom. The Hall–Kier alpha value is -3.22. The summed E-state index contributed by atoms with van der Waals surface area (Å²) in [6.07, 6.45) is 6.97. The Balaban J connectivity index is 1.34. The summed E-state index contributed by atoms with van der Waals surface area (Å²) in [5.74, 6) is 0.749. The van der Waals surface area contributed by atoms with Gasteiger partial charge in [0.25, 0.3) is 0 Å². The molecule has 0 atom stereocenters. The second-order valence-electron chi connectivity index (χ2n) is 6.28. The van der Waals surface area contributed by atoms with Crippen molar-refractivity contribution in [3.05, 3.63) is 55.0 Å². The fraction of sp³-hybridized carbons (Fsp3) is 0.263. The third kappa shape index (κ3) is 3.56. The zero-order chi connectivity index (χ0) is 17.8. The van der Waals surface area contributed by atoms with E-state index in [-0.39, 0.29) is 12.1 Å². The van der Waals surface area contributed by atoms with Crippen LogP contribution in [0.3, 0.4) is 0 Å². The van der Waals surface area contributed by atoms with Gasteiger partial charge in [-0.15, -0.1) is 0 Å². The summed E-state index contributed by atoms with van der Waals surface area (Å²) in [5.41, 5.74) is 1.63. The monoisotopic (exact) mass is 348 g/mol. The van der Waals surface area contributed by atoms with Crippen molar-refractivity contribution >= 4 is 28.6 Å². The first kappa shape index (κ1) is 16.3. The molecule has 7 heteroatoms. The molecule has 4 rings (SSSR count). The third-order valence-electron chi connectivity index (χ3n) is 4.56. The molecule has 0 radical (unpaired) electrons. The number of benzene rings is 1. The molecule has 1 saturated heterocycles. The molecular formula is C19H20N6O. The zero-order valence-electron chi connectivity index (χ0n) is 14.3. The lowest BCUT2D eigenvalue weighted by atomic mass is 10.1. The number of carbonyl (C=O) groups is 1. The number of nitrogens with one attached hydrogen (secondary N) is 2. The van der Waals surface area contributed by atoms with E-state index in [9.17, 15) is 4.79 Å².